The number of methoxy groups -OCH3 is 1. The fourth-order valence-electron chi connectivity index (χ4n) is 3.35. The van der Waals surface area contributed by atoms with Crippen LogP contribution in [-0.2, 0) is 19.6 Å². The van der Waals surface area contributed by atoms with Crippen LogP contribution in [0.4, 0.5) is 0 Å². The van der Waals surface area contributed by atoms with Crippen molar-refractivity contribution in [3.63, 3.8) is 0 Å². The molecule has 1 saturated heterocycles. The summed E-state index contributed by atoms with van der Waals surface area (Å²) in [6, 6.07) is 13.0. The fraction of sp³-hybridized carbons (Fsp3) is 0.304. The molecule has 0 unspecified atom stereocenters. The van der Waals surface area contributed by atoms with Gasteiger partial charge in [-0.1, -0.05) is 18.2 Å². The molecule has 0 spiro atoms. The molecule has 170 valence electrons. The number of para-hydroxylation sites is 1. The maximum atomic E-state index is 12.9. The van der Waals surface area contributed by atoms with Gasteiger partial charge in [-0.2, -0.15) is 4.31 Å². The maximum absolute atomic E-state index is 12.9. The summed E-state index contributed by atoms with van der Waals surface area (Å²) < 4.78 is 37.4. The highest BCUT2D eigenvalue weighted by Gasteiger charge is 2.29. The Morgan fingerprint density at radius 1 is 1.00 bits per heavy atom. The highest BCUT2D eigenvalue weighted by atomic mass is 32.2. The van der Waals surface area contributed by atoms with Gasteiger partial charge in [-0.25, -0.2) is 13.2 Å². The number of hydrogen-bond acceptors (Lipinski definition) is 6. The number of piperazine rings is 1. The van der Waals surface area contributed by atoms with Crippen LogP contribution in [-0.4, -0.2) is 69.4 Å². The van der Waals surface area contributed by atoms with Crippen LogP contribution in [0.5, 0.6) is 5.75 Å². The number of nitrogens with zero attached hydrogens (tertiary/aromatic N) is 2. The normalized spacial score (nSPS) is 15.0. The van der Waals surface area contributed by atoms with Gasteiger partial charge in [-0.3, -0.25) is 4.79 Å². The van der Waals surface area contributed by atoms with Crippen molar-refractivity contribution in [2.24, 2.45) is 0 Å². The van der Waals surface area contributed by atoms with Crippen LogP contribution in [0.25, 0.3) is 6.08 Å². The number of amides is 1. The van der Waals surface area contributed by atoms with E-state index in [1.807, 2.05) is 24.3 Å². The molecule has 0 saturated carbocycles. The summed E-state index contributed by atoms with van der Waals surface area (Å²) in [5.41, 5.74) is 1.08. The molecule has 2 aromatic carbocycles. The van der Waals surface area contributed by atoms with E-state index < -0.39 is 16.0 Å². The Bertz CT molecular complexity index is 1090. The van der Waals surface area contributed by atoms with Crippen LogP contribution >= 0.6 is 0 Å². The third-order valence-electron chi connectivity index (χ3n) is 5.10. The molecule has 8 nitrogen and oxygen atoms in total. The van der Waals surface area contributed by atoms with Gasteiger partial charge in [0.2, 0.25) is 15.9 Å². The molecule has 0 radical (unpaired) electrons. The van der Waals surface area contributed by atoms with E-state index in [0.29, 0.717) is 11.3 Å². The largest absolute Gasteiger partial charge is 0.496 e. The fourth-order valence-corrected chi connectivity index (χ4v) is 4.77. The van der Waals surface area contributed by atoms with Gasteiger partial charge in [0.05, 0.1) is 24.2 Å². The second-order valence-corrected chi connectivity index (χ2v) is 8.99. The Labute approximate surface area is 188 Å². The van der Waals surface area contributed by atoms with Crippen molar-refractivity contribution in [2.45, 2.75) is 11.8 Å². The Morgan fingerprint density at radius 2 is 1.66 bits per heavy atom. The maximum Gasteiger partial charge on any atom is 0.338 e. The van der Waals surface area contributed by atoms with Crippen molar-refractivity contribution in [3.05, 3.63) is 65.7 Å². The minimum Gasteiger partial charge on any atom is -0.496 e. The average molecular weight is 459 g/mol. The lowest BCUT2D eigenvalue weighted by atomic mass is 10.2. The highest BCUT2D eigenvalue weighted by molar-refractivity contribution is 7.89. The van der Waals surface area contributed by atoms with E-state index in [9.17, 15) is 18.0 Å². The van der Waals surface area contributed by atoms with Gasteiger partial charge >= 0.3 is 5.97 Å². The van der Waals surface area contributed by atoms with Gasteiger partial charge in [-0.15, -0.1) is 0 Å². The Kier molecular flexibility index (Phi) is 7.66. The van der Waals surface area contributed by atoms with Crippen molar-refractivity contribution >= 4 is 28.0 Å². The smallest absolute Gasteiger partial charge is 0.338 e. The van der Waals surface area contributed by atoms with E-state index in [0.717, 1.165) is 5.56 Å². The summed E-state index contributed by atoms with van der Waals surface area (Å²) in [7, 11) is -2.15. The van der Waals surface area contributed by atoms with E-state index in [2.05, 4.69) is 0 Å². The van der Waals surface area contributed by atoms with E-state index >= 15 is 0 Å². The third kappa shape index (κ3) is 5.35. The predicted molar refractivity (Wildman–Crippen MR) is 120 cm³/mol. The van der Waals surface area contributed by atoms with Gasteiger partial charge < -0.3 is 14.4 Å². The molecular weight excluding hydrogens is 432 g/mol. The van der Waals surface area contributed by atoms with Gasteiger partial charge in [0.15, 0.2) is 0 Å². The zero-order valence-electron chi connectivity index (χ0n) is 18.1. The van der Waals surface area contributed by atoms with Crippen LogP contribution < -0.4 is 4.74 Å². The summed E-state index contributed by atoms with van der Waals surface area (Å²) >= 11 is 0. The number of carbonyl (C=O) groups excluding carboxylic acids is 2. The number of hydrogen-bond donors (Lipinski definition) is 0. The molecule has 3 rings (SSSR count). The molecule has 0 aliphatic carbocycles. The molecule has 1 heterocycles. The lowest BCUT2D eigenvalue weighted by Gasteiger charge is -2.33. The monoisotopic (exact) mass is 458 g/mol. The zero-order valence-corrected chi connectivity index (χ0v) is 18.9. The molecule has 0 N–H and O–H groups in total. The molecule has 1 fully saturated rings. The lowest BCUT2D eigenvalue weighted by Crippen LogP contribution is -2.50. The van der Waals surface area contributed by atoms with Crippen LogP contribution in [0.2, 0.25) is 0 Å². The second kappa shape index (κ2) is 10.4. The summed E-state index contributed by atoms with van der Waals surface area (Å²) in [6.07, 6.45) is 3.16. The van der Waals surface area contributed by atoms with E-state index in [1.54, 1.807) is 25.0 Å². The summed E-state index contributed by atoms with van der Waals surface area (Å²) in [5.74, 6) is -0.0158. The zero-order chi connectivity index (χ0) is 23.1. The van der Waals surface area contributed by atoms with Gasteiger partial charge in [0.25, 0.3) is 0 Å². The van der Waals surface area contributed by atoms with Crippen LogP contribution in [0.3, 0.4) is 0 Å². The number of ether oxygens (including phenoxy) is 2. The first-order valence-corrected chi connectivity index (χ1v) is 11.7. The quantitative estimate of drug-likeness (QED) is 0.467. The number of carbonyl (C=O) groups is 2. The van der Waals surface area contributed by atoms with Crippen LogP contribution in [0, 0.1) is 0 Å². The summed E-state index contributed by atoms with van der Waals surface area (Å²) in [6.45, 7) is 2.91. The second-order valence-electron chi connectivity index (χ2n) is 7.05. The van der Waals surface area contributed by atoms with E-state index in [-0.39, 0.29) is 43.6 Å². The number of benzene rings is 2. The molecule has 32 heavy (non-hydrogen) atoms. The number of esters is 1. The molecule has 9 heteroatoms. The average Bonchev–Trinajstić information content (AvgIpc) is 2.83. The first kappa shape index (κ1) is 23.5. The van der Waals surface area contributed by atoms with Crippen LogP contribution in [0.1, 0.15) is 22.8 Å². The summed E-state index contributed by atoms with van der Waals surface area (Å²) in [5, 5.41) is 0. The topological polar surface area (TPSA) is 93.2 Å². The first-order chi connectivity index (χ1) is 15.4. The number of rotatable bonds is 7. The minimum absolute atomic E-state index is 0.0985. The molecule has 0 atom stereocenters. The molecule has 0 bridgehead atoms. The molecular formula is C23H26N2O6S. The third-order valence-corrected chi connectivity index (χ3v) is 7.01. The van der Waals surface area contributed by atoms with Crippen molar-refractivity contribution in [3.8, 4) is 5.75 Å². The highest BCUT2D eigenvalue weighted by Crippen LogP contribution is 2.20. The molecule has 2 aromatic rings. The van der Waals surface area contributed by atoms with Gasteiger partial charge in [0.1, 0.15) is 5.75 Å². The molecule has 1 amide bonds. The SMILES string of the molecule is CCOC(=O)c1ccc(S(=O)(=O)N2CCN(C(=O)C=Cc3ccccc3OC)CC2)cc1. The molecule has 1 aliphatic rings. The van der Waals surface area contributed by atoms with Gasteiger partial charge in [0, 0.05) is 37.8 Å². The van der Waals surface area contributed by atoms with Crippen molar-refractivity contribution in [2.75, 3.05) is 39.9 Å². The van der Waals surface area contributed by atoms with Crippen LogP contribution in [0.15, 0.2) is 59.5 Å². The lowest BCUT2D eigenvalue weighted by molar-refractivity contribution is -0.127. The van der Waals surface area contributed by atoms with Crippen molar-refractivity contribution in [1.82, 2.24) is 9.21 Å². The minimum atomic E-state index is -3.72. The van der Waals surface area contributed by atoms with Crippen molar-refractivity contribution in [1.29, 1.82) is 0 Å². The molecule has 0 aromatic heterocycles. The Hall–Kier alpha value is -3.17. The Balaban J connectivity index is 1.61. The van der Waals surface area contributed by atoms with E-state index in [4.69, 9.17) is 9.47 Å². The van der Waals surface area contributed by atoms with E-state index in [1.165, 1.54) is 34.6 Å². The first-order valence-electron chi connectivity index (χ1n) is 10.2. The van der Waals surface area contributed by atoms with Crippen molar-refractivity contribution < 1.29 is 27.5 Å². The number of sulfonamides is 1. The molecule has 1 aliphatic heterocycles. The summed E-state index contributed by atoms with van der Waals surface area (Å²) in [4.78, 5) is 26.0. The van der Waals surface area contributed by atoms with Gasteiger partial charge in [-0.05, 0) is 43.3 Å². The standard InChI is InChI=1S/C23H26N2O6S/c1-3-31-23(27)19-8-11-20(12-9-19)32(28,29)25-16-14-24(15-17-25)22(26)13-10-18-6-4-5-7-21(18)30-2/h4-13H,3,14-17H2,1-2H3. The predicted octanol–water partition coefficient (Wildman–Crippen LogP) is 2.42. The Morgan fingerprint density at radius 3 is 2.28 bits per heavy atom.